The molecule has 0 spiro atoms. The summed E-state index contributed by atoms with van der Waals surface area (Å²) in [4.78, 5) is 17.0. The van der Waals surface area contributed by atoms with Crippen LogP contribution in [0, 0.1) is 0 Å². The van der Waals surface area contributed by atoms with Crippen LogP contribution in [0.25, 0.3) is 0 Å². The van der Waals surface area contributed by atoms with Gasteiger partial charge in [-0.1, -0.05) is 0 Å². The summed E-state index contributed by atoms with van der Waals surface area (Å²) in [6, 6.07) is 4.26. The first-order valence-electron chi connectivity index (χ1n) is 7.79. The van der Waals surface area contributed by atoms with Crippen molar-refractivity contribution in [2.45, 2.75) is 31.9 Å². The van der Waals surface area contributed by atoms with Crippen molar-refractivity contribution < 1.29 is 9.53 Å². The van der Waals surface area contributed by atoms with Crippen molar-refractivity contribution >= 4 is 17.2 Å². The van der Waals surface area contributed by atoms with Crippen LogP contribution in [0.5, 0.6) is 0 Å². The van der Waals surface area contributed by atoms with Gasteiger partial charge < -0.3 is 9.64 Å². The van der Waals surface area contributed by atoms with E-state index in [4.69, 9.17) is 4.74 Å². The first kappa shape index (κ1) is 14.0. The van der Waals surface area contributed by atoms with Crippen LogP contribution in [0.2, 0.25) is 0 Å². The Balaban J connectivity index is 1.51. The molecule has 2 aliphatic rings. The topological polar surface area (TPSA) is 47.4 Å². The molecule has 4 rings (SSSR count). The van der Waals surface area contributed by atoms with Crippen LogP contribution < -0.4 is 0 Å². The molecular formula is C16H19N3O2S. The van der Waals surface area contributed by atoms with E-state index in [1.807, 2.05) is 27.9 Å². The Morgan fingerprint density at radius 3 is 3.23 bits per heavy atom. The highest BCUT2D eigenvalue weighted by Gasteiger charge is 2.27. The lowest BCUT2D eigenvalue weighted by atomic mass is 10.1. The Morgan fingerprint density at radius 1 is 1.45 bits per heavy atom. The smallest absolute Gasteiger partial charge is 0.264 e. The van der Waals surface area contributed by atoms with Gasteiger partial charge in [-0.15, -0.1) is 11.3 Å². The van der Waals surface area contributed by atoms with E-state index in [9.17, 15) is 4.79 Å². The number of ether oxygens (including phenoxy) is 1. The van der Waals surface area contributed by atoms with Crippen LogP contribution in [-0.4, -0.2) is 40.3 Å². The van der Waals surface area contributed by atoms with Crippen LogP contribution in [0.15, 0.2) is 24.5 Å². The molecule has 0 bridgehead atoms. The zero-order valence-electron chi connectivity index (χ0n) is 12.4. The van der Waals surface area contributed by atoms with Crippen LogP contribution >= 0.6 is 11.3 Å². The summed E-state index contributed by atoms with van der Waals surface area (Å²) in [6.07, 6.45) is 6.84. The summed E-state index contributed by atoms with van der Waals surface area (Å²) in [7, 11) is 0. The van der Waals surface area contributed by atoms with Crippen molar-refractivity contribution in [1.29, 1.82) is 0 Å². The number of nitrogens with zero attached hydrogens (tertiary/aromatic N) is 3. The predicted molar refractivity (Wildman–Crippen MR) is 84.1 cm³/mol. The van der Waals surface area contributed by atoms with Crippen molar-refractivity contribution in [2.75, 3.05) is 19.7 Å². The van der Waals surface area contributed by atoms with Gasteiger partial charge in [0.2, 0.25) is 0 Å². The highest BCUT2D eigenvalue weighted by atomic mass is 32.1. The molecule has 0 saturated carbocycles. The maximum absolute atomic E-state index is 12.8. The largest absolute Gasteiger partial charge is 0.376 e. The Labute approximate surface area is 133 Å². The molecule has 116 valence electrons. The minimum absolute atomic E-state index is 0.163. The Kier molecular flexibility index (Phi) is 3.72. The molecule has 0 aliphatic carbocycles. The second kappa shape index (κ2) is 5.85. The van der Waals surface area contributed by atoms with Gasteiger partial charge in [-0.25, -0.2) is 0 Å². The molecule has 1 atom stereocenters. The maximum atomic E-state index is 12.8. The molecule has 4 heterocycles. The normalized spacial score (nSPS) is 21.6. The lowest BCUT2D eigenvalue weighted by Crippen LogP contribution is -2.40. The minimum Gasteiger partial charge on any atom is -0.376 e. The summed E-state index contributed by atoms with van der Waals surface area (Å²) >= 11 is 1.64. The number of carbonyl (C=O) groups excluding carboxylic acids is 1. The number of hydrogen-bond acceptors (Lipinski definition) is 4. The van der Waals surface area contributed by atoms with Crippen LogP contribution in [0.3, 0.4) is 0 Å². The molecule has 1 amide bonds. The van der Waals surface area contributed by atoms with Crippen molar-refractivity contribution in [1.82, 2.24) is 14.7 Å². The second-order valence-corrected chi connectivity index (χ2v) is 7.03. The maximum Gasteiger partial charge on any atom is 0.264 e. The fraction of sp³-hybridized carbons (Fsp3) is 0.500. The second-order valence-electron chi connectivity index (χ2n) is 5.89. The van der Waals surface area contributed by atoms with E-state index in [1.165, 1.54) is 10.4 Å². The standard InChI is InChI=1S/C16H19N3O2S/c20-16(15-9-12-11-21-8-4-14(12)22-15)18-6-1-3-13(10-18)19-7-2-5-17-19/h2,5,7,9,13H,1,3-4,6,8,10-11H2/t13-/m0/s1. The molecule has 0 unspecified atom stereocenters. The zero-order valence-corrected chi connectivity index (χ0v) is 13.2. The highest BCUT2D eigenvalue weighted by Crippen LogP contribution is 2.29. The van der Waals surface area contributed by atoms with E-state index < -0.39 is 0 Å². The van der Waals surface area contributed by atoms with Gasteiger partial charge in [0, 0.05) is 36.8 Å². The third-order valence-electron chi connectivity index (χ3n) is 4.42. The molecular weight excluding hydrogens is 298 g/mol. The van der Waals surface area contributed by atoms with E-state index in [1.54, 1.807) is 17.5 Å². The number of hydrogen-bond donors (Lipinski definition) is 0. The van der Waals surface area contributed by atoms with Gasteiger partial charge in [0.25, 0.3) is 5.91 Å². The average Bonchev–Trinajstić information content (AvgIpc) is 3.23. The number of aromatic nitrogens is 2. The average molecular weight is 317 g/mol. The van der Waals surface area contributed by atoms with Crippen LogP contribution in [0.4, 0.5) is 0 Å². The van der Waals surface area contributed by atoms with Gasteiger partial charge in [-0.2, -0.15) is 5.10 Å². The zero-order chi connectivity index (χ0) is 14.9. The van der Waals surface area contributed by atoms with Crippen molar-refractivity contribution in [3.8, 4) is 0 Å². The monoisotopic (exact) mass is 317 g/mol. The Hall–Kier alpha value is -1.66. The highest BCUT2D eigenvalue weighted by molar-refractivity contribution is 7.14. The van der Waals surface area contributed by atoms with E-state index in [2.05, 4.69) is 5.10 Å². The first-order chi connectivity index (χ1) is 10.8. The summed E-state index contributed by atoms with van der Waals surface area (Å²) in [5.74, 6) is 0.163. The van der Waals surface area contributed by atoms with Crippen molar-refractivity contribution in [2.24, 2.45) is 0 Å². The summed E-state index contributed by atoms with van der Waals surface area (Å²) in [5.41, 5.74) is 1.19. The number of rotatable bonds is 2. The minimum atomic E-state index is 0.163. The van der Waals surface area contributed by atoms with Crippen LogP contribution in [-0.2, 0) is 17.8 Å². The molecule has 0 radical (unpaired) electrons. The summed E-state index contributed by atoms with van der Waals surface area (Å²) < 4.78 is 7.45. The fourth-order valence-corrected chi connectivity index (χ4v) is 4.38. The number of carbonyl (C=O) groups is 1. The molecule has 22 heavy (non-hydrogen) atoms. The van der Waals surface area contributed by atoms with Gasteiger partial charge in [-0.05, 0) is 30.5 Å². The summed E-state index contributed by atoms with van der Waals surface area (Å²) in [6.45, 7) is 3.01. The number of likely N-dealkylation sites (tertiary alicyclic amines) is 1. The number of fused-ring (bicyclic) bond motifs is 1. The molecule has 0 N–H and O–H groups in total. The van der Waals surface area contributed by atoms with E-state index in [0.717, 1.165) is 43.8 Å². The third-order valence-corrected chi connectivity index (χ3v) is 5.65. The lowest BCUT2D eigenvalue weighted by Gasteiger charge is -2.32. The molecule has 2 aromatic heterocycles. The Morgan fingerprint density at radius 2 is 2.41 bits per heavy atom. The van der Waals surface area contributed by atoms with E-state index in [-0.39, 0.29) is 5.91 Å². The number of thiophene rings is 1. The van der Waals surface area contributed by atoms with Gasteiger partial charge in [-0.3, -0.25) is 9.48 Å². The number of amides is 1. The molecule has 2 aromatic rings. The molecule has 5 nitrogen and oxygen atoms in total. The SMILES string of the molecule is O=C(c1cc2c(s1)CCOC2)N1CCC[C@H](n2cccn2)C1. The van der Waals surface area contributed by atoms with Gasteiger partial charge in [0.1, 0.15) is 0 Å². The van der Waals surface area contributed by atoms with Gasteiger partial charge in [0.05, 0.1) is 24.1 Å². The first-order valence-corrected chi connectivity index (χ1v) is 8.60. The molecule has 6 heteroatoms. The van der Waals surface area contributed by atoms with Gasteiger partial charge >= 0.3 is 0 Å². The Bertz CT molecular complexity index is 641. The van der Waals surface area contributed by atoms with Crippen LogP contribution in [0.1, 0.15) is 39.0 Å². The predicted octanol–water partition coefficient (Wildman–Crippen LogP) is 2.49. The van der Waals surface area contributed by atoms with Crippen molar-refractivity contribution in [3.05, 3.63) is 39.8 Å². The van der Waals surface area contributed by atoms with Gasteiger partial charge in [0.15, 0.2) is 0 Å². The molecule has 1 fully saturated rings. The third kappa shape index (κ3) is 2.57. The summed E-state index contributed by atoms with van der Waals surface area (Å²) in [5, 5.41) is 4.32. The molecule has 2 aliphatic heterocycles. The van der Waals surface area contributed by atoms with E-state index >= 15 is 0 Å². The quantitative estimate of drug-likeness (QED) is 0.855. The number of piperidine rings is 1. The van der Waals surface area contributed by atoms with Crippen molar-refractivity contribution in [3.63, 3.8) is 0 Å². The lowest BCUT2D eigenvalue weighted by molar-refractivity contribution is 0.0677. The van der Waals surface area contributed by atoms with E-state index in [0.29, 0.717) is 12.6 Å². The molecule has 1 saturated heterocycles. The molecule has 0 aromatic carbocycles. The fourth-order valence-electron chi connectivity index (χ4n) is 3.26.